The number of aromatic nitrogens is 2. The van der Waals surface area contributed by atoms with Crippen LogP contribution in [-0.2, 0) is 0 Å². The molecule has 2 atom stereocenters. The summed E-state index contributed by atoms with van der Waals surface area (Å²) in [5.74, 6) is 1.77. The van der Waals surface area contributed by atoms with Crippen LogP contribution in [0.25, 0.3) is 6.08 Å². The first-order chi connectivity index (χ1) is 12.2. The summed E-state index contributed by atoms with van der Waals surface area (Å²) in [5, 5.41) is 0. The molecule has 0 bridgehead atoms. The average Bonchev–Trinajstić information content (AvgIpc) is 3.16. The van der Waals surface area contributed by atoms with Crippen LogP contribution in [0, 0.1) is 0 Å². The van der Waals surface area contributed by atoms with E-state index in [9.17, 15) is 0 Å². The van der Waals surface area contributed by atoms with Crippen LogP contribution in [0.3, 0.4) is 0 Å². The Labute approximate surface area is 147 Å². The van der Waals surface area contributed by atoms with Gasteiger partial charge in [-0.1, -0.05) is 24.3 Å². The third-order valence-electron chi connectivity index (χ3n) is 4.44. The molecular formula is C21H20N2O2. The van der Waals surface area contributed by atoms with Gasteiger partial charge in [0, 0.05) is 18.0 Å². The van der Waals surface area contributed by atoms with E-state index in [1.54, 1.807) is 13.3 Å². The second kappa shape index (κ2) is 6.48. The van der Waals surface area contributed by atoms with Crippen molar-refractivity contribution in [2.75, 3.05) is 7.11 Å². The van der Waals surface area contributed by atoms with E-state index in [1.807, 2.05) is 31.6 Å². The molecule has 0 saturated heterocycles. The maximum absolute atomic E-state index is 5.87. The highest BCUT2D eigenvalue weighted by Gasteiger charge is 2.19. The van der Waals surface area contributed by atoms with Gasteiger partial charge in [-0.15, -0.1) is 0 Å². The number of benzene rings is 2. The van der Waals surface area contributed by atoms with Crippen LogP contribution in [0.2, 0.25) is 0 Å². The van der Waals surface area contributed by atoms with Gasteiger partial charge in [0.2, 0.25) is 0 Å². The van der Waals surface area contributed by atoms with Crippen LogP contribution in [0.15, 0.2) is 67.3 Å². The fourth-order valence-corrected chi connectivity index (χ4v) is 3.22. The maximum Gasteiger partial charge on any atom is 0.127 e. The van der Waals surface area contributed by atoms with Crippen LogP contribution in [-0.4, -0.2) is 22.8 Å². The van der Waals surface area contributed by atoms with E-state index in [4.69, 9.17) is 9.47 Å². The highest BCUT2D eigenvalue weighted by atomic mass is 16.5. The molecule has 1 aliphatic rings. The monoisotopic (exact) mass is 332 g/mol. The Kier molecular flexibility index (Phi) is 4.02. The van der Waals surface area contributed by atoms with Gasteiger partial charge in [0.25, 0.3) is 0 Å². The molecule has 0 amide bonds. The predicted molar refractivity (Wildman–Crippen MR) is 98.0 cm³/mol. The zero-order chi connectivity index (χ0) is 17.2. The van der Waals surface area contributed by atoms with Crippen LogP contribution in [0.1, 0.15) is 29.7 Å². The smallest absolute Gasteiger partial charge is 0.127 e. The zero-order valence-corrected chi connectivity index (χ0v) is 14.3. The van der Waals surface area contributed by atoms with Gasteiger partial charge in [0.15, 0.2) is 0 Å². The van der Waals surface area contributed by atoms with Gasteiger partial charge in [-0.2, -0.15) is 0 Å². The molecule has 4 nitrogen and oxygen atoms in total. The van der Waals surface area contributed by atoms with E-state index >= 15 is 0 Å². The van der Waals surface area contributed by atoms with E-state index in [1.165, 1.54) is 5.56 Å². The number of hydrogen-bond acceptors (Lipinski definition) is 3. The second-order valence-electron chi connectivity index (χ2n) is 6.17. The second-order valence-corrected chi connectivity index (χ2v) is 6.17. The van der Waals surface area contributed by atoms with Crippen molar-refractivity contribution in [3.8, 4) is 11.5 Å². The number of fused-ring (bicyclic) bond motifs is 1. The molecule has 2 aromatic carbocycles. The minimum atomic E-state index is 0.0237. The lowest BCUT2D eigenvalue weighted by Gasteiger charge is -2.23. The van der Waals surface area contributed by atoms with Crippen molar-refractivity contribution in [3.63, 3.8) is 0 Å². The van der Waals surface area contributed by atoms with Gasteiger partial charge in [0.05, 0.1) is 19.5 Å². The Bertz CT molecular complexity index is 900. The lowest BCUT2D eigenvalue weighted by atomic mass is 9.95. The van der Waals surface area contributed by atoms with Gasteiger partial charge in [-0.25, -0.2) is 4.98 Å². The highest BCUT2D eigenvalue weighted by molar-refractivity contribution is 5.61. The van der Waals surface area contributed by atoms with Gasteiger partial charge < -0.3 is 14.0 Å². The molecule has 4 rings (SSSR count). The normalized spacial score (nSPS) is 16.8. The van der Waals surface area contributed by atoms with Crippen molar-refractivity contribution in [2.24, 2.45) is 0 Å². The van der Waals surface area contributed by atoms with Crippen molar-refractivity contribution in [2.45, 2.75) is 19.1 Å². The SMILES string of the molecule is COc1cccc(C(c2ccc3c(c2)C=C[C@@H](C)O3)n2ccnc2)c1. The fourth-order valence-electron chi connectivity index (χ4n) is 3.22. The van der Waals surface area contributed by atoms with E-state index < -0.39 is 0 Å². The molecule has 1 aromatic heterocycles. The fraction of sp³-hybridized carbons (Fsp3) is 0.190. The van der Waals surface area contributed by atoms with E-state index in [-0.39, 0.29) is 12.1 Å². The van der Waals surface area contributed by atoms with Crippen molar-refractivity contribution in [3.05, 3.63) is 84.0 Å². The minimum Gasteiger partial charge on any atom is -0.497 e. The molecule has 0 N–H and O–H groups in total. The molecule has 1 aliphatic heterocycles. The number of rotatable bonds is 4. The summed E-state index contributed by atoms with van der Waals surface area (Å²) in [6.45, 7) is 2.04. The lowest BCUT2D eigenvalue weighted by Crippen LogP contribution is -2.14. The number of ether oxygens (including phenoxy) is 2. The molecule has 3 aromatic rings. The van der Waals surface area contributed by atoms with Crippen molar-refractivity contribution < 1.29 is 9.47 Å². The first-order valence-corrected chi connectivity index (χ1v) is 8.35. The van der Waals surface area contributed by atoms with Crippen molar-refractivity contribution in [1.82, 2.24) is 9.55 Å². The van der Waals surface area contributed by atoms with E-state index in [0.717, 1.165) is 22.6 Å². The van der Waals surface area contributed by atoms with E-state index in [2.05, 4.69) is 52.0 Å². The first kappa shape index (κ1) is 15.5. The van der Waals surface area contributed by atoms with Crippen LogP contribution in [0.4, 0.5) is 0 Å². The molecule has 0 aliphatic carbocycles. The van der Waals surface area contributed by atoms with Crippen molar-refractivity contribution >= 4 is 6.08 Å². The molecule has 126 valence electrons. The Morgan fingerprint density at radius 2 is 2.04 bits per heavy atom. The lowest BCUT2D eigenvalue weighted by molar-refractivity contribution is 0.266. The molecule has 0 spiro atoms. The van der Waals surface area contributed by atoms with Crippen LogP contribution in [0.5, 0.6) is 11.5 Å². The zero-order valence-electron chi connectivity index (χ0n) is 14.3. The van der Waals surface area contributed by atoms with Crippen LogP contribution >= 0.6 is 0 Å². The molecule has 2 heterocycles. The third kappa shape index (κ3) is 3.03. The summed E-state index contributed by atoms with van der Waals surface area (Å²) < 4.78 is 13.4. The quantitative estimate of drug-likeness (QED) is 0.714. The highest BCUT2D eigenvalue weighted by Crippen LogP contribution is 2.34. The molecule has 1 unspecified atom stereocenters. The number of methoxy groups -OCH3 is 1. The predicted octanol–water partition coefficient (Wildman–Crippen LogP) is 4.32. The average molecular weight is 332 g/mol. The number of nitrogens with zero attached hydrogens (tertiary/aromatic N) is 2. The summed E-state index contributed by atoms with van der Waals surface area (Å²) in [4.78, 5) is 4.23. The summed E-state index contributed by atoms with van der Waals surface area (Å²) in [7, 11) is 1.69. The number of imidazole rings is 1. The summed E-state index contributed by atoms with van der Waals surface area (Å²) in [6.07, 6.45) is 9.95. The van der Waals surface area contributed by atoms with Gasteiger partial charge in [-0.3, -0.25) is 0 Å². The maximum atomic E-state index is 5.87. The summed E-state index contributed by atoms with van der Waals surface area (Å²) in [6, 6.07) is 14.5. The molecular weight excluding hydrogens is 312 g/mol. The summed E-state index contributed by atoms with van der Waals surface area (Å²) >= 11 is 0. The topological polar surface area (TPSA) is 36.3 Å². The Morgan fingerprint density at radius 3 is 2.84 bits per heavy atom. The third-order valence-corrected chi connectivity index (χ3v) is 4.44. The first-order valence-electron chi connectivity index (χ1n) is 8.35. The molecule has 4 heteroatoms. The Hall–Kier alpha value is -3.01. The van der Waals surface area contributed by atoms with Crippen molar-refractivity contribution in [1.29, 1.82) is 0 Å². The largest absolute Gasteiger partial charge is 0.497 e. The summed E-state index contributed by atoms with van der Waals surface area (Å²) in [5.41, 5.74) is 3.42. The minimum absolute atomic E-state index is 0.0237. The van der Waals surface area contributed by atoms with E-state index in [0.29, 0.717) is 0 Å². The standard InChI is InChI=1S/C21H20N2O2/c1-15-6-7-16-12-18(8-9-20(16)25-15)21(23-11-10-22-14-23)17-4-3-5-19(13-17)24-2/h3-15,21H,1-2H3/t15-,21?/m1/s1. The van der Waals surface area contributed by atoms with Gasteiger partial charge in [-0.05, 0) is 48.4 Å². The molecule has 0 fully saturated rings. The Morgan fingerprint density at radius 1 is 1.16 bits per heavy atom. The molecule has 0 saturated carbocycles. The molecule has 0 radical (unpaired) electrons. The van der Waals surface area contributed by atoms with Gasteiger partial charge >= 0.3 is 0 Å². The molecule has 25 heavy (non-hydrogen) atoms. The number of hydrogen-bond donors (Lipinski definition) is 0. The van der Waals surface area contributed by atoms with Crippen LogP contribution < -0.4 is 9.47 Å². The Balaban J connectivity index is 1.81. The van der Waals surface area contributed by atoms with Gasteiger partial charge in [0.1, 0.15) is 17.6 Å².